The SMILES string of the molecule is CC(O)(C(c1ccccc1)c1ccccc1)S(=O)(=O)O. The van der Waals surface area contributed by atoms with Crippen LogP contribution < -0.4 is 0 Å². The van der Waals surface area contributed by atoms with Crippen LogP contribution in [0.2, 0.25) is 0 Å². The van der Waals surface area contributed by atoms with Crippen LogP contribution in [0.5, 0.6) is 0 Å². The molecule has 4 nitrogen and oxygen atoms in total. The molecule has 1 unspecified atom stereocenters. The van der Waals surface area contributed by atoms with E-state index in [2.05, 4.69) is 0 Å². The minimum Gasteiger partial charge on any atom is -0.372 e. The van der Waals surface area contributed by atoms with E-state index >= 15 is 0 Å². The Hall–Kier alpha value is -1.69. The molecular formula is C15H16O4S. The fourth-order valence-electron chi connectivity index (χ4n) is 2.25. The third-order valence-electron chi connectivity index (χ3n) is 3.32. The van der Waals surface area contributed by atoms with Crippen LogP contribution in [-0.2, 0) is 10.1 Å². The summed E-state index contributed by atoms with van der Waals surface area (Å²) in [4.78, 5) is -2.31. The maximum Gasteiger partial charge on any atom is 0.295 e. The highest BCUT2D eigenvalue weighted by molar-refractivity contribution is 7.87. The summed E-state index contributed by atoms with van der Waals surface area (Å²) in [6.07, 6.45) is 0. The Morgan fingerprint density at radius 2 is 1.25 bits per heavy atom. The first kappa shape index (κ1) is 14.7. The number of aliphatic hydroxyl groups is 1. The van der Waals surface area contributed by atoms with E-state index in [9.17, 15) is 18.1 Å². The molecule has 0 radical (unpaired) electrons. The van der Waals surface area contributed by atoms with Gasteiger partial charge in [-0.15, -0.1) is 0 Å². The van der Waals surface area contributed by atoms with E-state index in [1.807, 2.05) is 0 Å². The van der Waals surface area contributed by atoms with Gasteiger partial charge in [0.25, 0.3) is 10.1 Å². The third kappa shape index (κ3) is 2.75. The van der Waals surface area contributed by atoms with Gasteiger partial charge >= 0.3 is 0 Å². The van der Waals surface area contributed by atoms with Crippen molar-refractivity contribution in [2.24, 2.45) is 0 Å². The van der Waals surface area contributed by atoms with E-state index in [0.29, 0.717) is 11.1 Å². The van der Waals surface area contributed by atoms with E-state index in [0.717, 1.165) is 6.92 Å². The smallest absolute Gasteiger partial charge is 0.295 e. The van der Waals surface area contributed by atoms with Gasteiger partial charge in [-0.1, -0.05) is 60.7 Å². The van der Waals surface area contributed by atoms with E-state index < -0.39 is 21.0 Å². The summed E-state index contributed by atoms with van der Waals surface area (Å²) in [7, 11) is -4.64. The molecule has 2 aromatic carbocycles. The van der Waals surface area contributed by atoms with Gasteiger partial charge in [0, 0.05) is 0 Å². The molecule has 0 aliphatic rings. The first-order valence-corrected chi connectivity index (χ1v) is 7.57. The van der Waals surface area contributed by atoms with E-state index in [1.165, 1.54) is 0 Å². The Kier molecular flexibility index (Phi) is 3.94. The molecule has 2 rings (SSSR count). The molecule has 0 saturated carbocycles. The Bertz CT molecular complexity index is 624. The van der Waals surface area contributed by atoms with Crippen LogP contribution in [0.15, 0.2) is 60.7 Å². The summed E-state index contributed by atoms with van der Waals surface area (Å²) in [5.41, 5.74) is 1.22. The monoisotopic (exact) mass is 292 g/mol. The second kappa shape index (κ2) is 5.36. The largest absolute Gasteiger partial charge is 0.372 e. The molecule has 0 aromatic heterocycles. The molecule has 0 spiro atoms. The lowest BCUT2D eigenvalue weighted by Gasteiger charge is -2.30. The molecule has 20 heavy (non-hydrogen) atoms. The van der Waals surface area contributed by atoms with E-state index in [1.54, 1.807) is 60.7 Å². The lowest BCUT2D eigenvalue weighted by molar-refractivity contribution is 0.115. The Balaban J connectivity index is 2.63. The van der Waals surface area contributed by atoms with Gasteiger partial charge in [-0.2, -0.15) is 8.42 Å². The lowest BCUT2D eigenvalue weighted by atomic mass is 9.87. The third-order valence-corrected chi connectivity index (χ3v) is 4.60. The Morgan fingerprint density at radius 1 is 0.900 bits per heavy atom. The summed E-state index contributed by atoms with van der Waals surface area (Å²) in [5, 5.41) is 10.4. The van der Waals surface area contributed by atoms with Gasteiger partial charge in [0.05, 0.1) is 5.92 Å². The first-order chi connectivity index (χ1) is 9.34. The number of benzene rings is 2. The van der Waals surface area contributed by atoms with Crippen LogP contribution in [0.1, 0.15) is 24.0 Å². The van der Waals surface area contributed by atoms with Crippen LogP contribution in [0, 0.1) is 0 Å². The zero-order valence-corrected chi connectivity index (χ0v) is 11.8. The average Bonchev–Trinajstić information content (AvgIpc) is 2.40. The molecule has 106 valence electrons. The molecule has 0 fully saturated rings. The zero-order chi connectivity index (χ0) is 14.8. The van der Waals surface area contributed by atoms with E-state index in [4.69, 9.17) is 0 Å². The van der Waals surface area contributed by atoms with Gasteiger partial charge in [-0.25, -0.2) is 0 Å². The van der Waals surface area contributed by atoms with Crippen molar-refractivity contribution in [1.29, 1.82) is 0 Å². The average molecular weight is 292 g/mol. The molecule has 2 N–H and O–H groups in total. The quantitative estimate of drug-likeness (QED) is 0.849. The predicted molar refractivity (Wildman–Crippen MR) is 76.9 cm³/mol. The first-order valence-electron chi connectivity index (χ1n) is 6.13. The van der Waals surface area contributed by atoms with Crippen molar-refractivity contribution >= 4 is 10.1 Å². The summed E-state index contributed by atoms with van der Waals surface area (Å²) in [5.74, 6) is -0.875. The maximum absolute atomic E-state index is 11.5. The Labute approximate surface area is 118 Å². The van der Waals surface area contributed by atoms with Gasteiger partial charge in [0.15, 0.2) is 4.93 Å². The molecule has 0 aliphatic carbocycles. The minimum absolute atomic E-state index is 0.612. The Morgan fingerprint density at radius 3 is 1.55 bits per heavy atom. The number of hydrogen-bond acceptors (Lipinski definition) is 3. The summed E-state index contributed by atoms with van der Waals surface area (Å²) in [6.45, 7) is 1.10. The molecule has 0 amide bonds. The molecule has 0 bridgehead atoms. The normalized spacial score (nSPS) is 15.0. The van der Waals surface area contributed by atoms with E-state index in [-0.39, 0.29) is 0 Å². The van der Waals surface area contributed by atoms with Crippen molar-refractivity contribution in [3.8, 4) is 0 Å². The molecule has 0 aliphatic heterocycles. The van der Waals surface area contributed by atoms with Crippen molar-refractivity contribution in [3.05, 3.63) is 71.8 Å². The van der Waals surface area contributed by atoms with Crippen molar-refractivity contribution < 1.29 is 18.1 Å². The minimum atomic E-state index is -4.64. The van der Waals surface area contributed by atoms with Gasteiger partial charge in [-0.05, 0) is 18.1 Å². The van der Waals surface area contributed by atoms with Crippen molar-refractivity contribution in [2.75, 3.05) is 0 Å². The fraction of sp³-hybridized carbons (Fsp3) is 0.200. The highest BCUT2D eigenvalue weighted by Gasteiger charge is 2.45. The summed E-state index contributed by atoms with van der Waals surface area (Å²) in [6, 6.07) is 17.5. The topological polar surface area (TPSA) is 74.6 Å². The highest BCUT2D eigenvalue weighted by Crippen LogP contribution is 2.37. The summed E-state index contributed by atoms with van der Waals surface area (Å²) >= 11 is 0. The lowest BCUT2D eigenvalue weighted by Crippen LogP contribution is -2.41. The molecule has 0 heterocycles. The van der Waals surface area contributed by atoms with Gasteiger partial charge in [-0.3, -0.25) is 4.55 Å². The zero-order valence-electron chi connectivity index (χ0n) is 11.0. The van der Waals surface area contributed by atoms with Crippen LogP contribution in [-0.4, -0.2) is 23.0 Å². The number of hydrogen-bond donors (Lipinski definition) is 2. The molecule has 5 heteroatoms. The number of rotatable bonds is 4. The highest BCUT2D eigenvalue weighted by atomic mass is 32.2. The van der Waals surface area contributed by atoms with Crippen LogP contribution >= 0.6 is 0 Å². The van der Waals surface area contributed by atoms with Crippen LogP contribution in [0.25, 0.3) is 0 Å². The van der Waals surface area contributed by atoms with Crippen molar-refractivity contribution in [3.63, 3.8) is 0 Å². The van der Waals surface area contributed by atoms with Gasteiger partial charge in [0.1, 0.15) is 0 Å². The van der Waals surface area contributed by atoms with Gasteiger partial charge < -0.3 is 5.11 Å². The van der Waals surface area contributed by atoms with Crippen molar-refractivity contribution in [1.82, 2.24) is 0 Å². The molecular weight excluding hydrogens is 276 g/mol. The van der Waals surface area contributed by atoms with Crippen LogP contribution in [0.3, 0.4) is 0 Å². The second-order valence-electron chi connectivity index (χ2n) is 4.78. The fourth-order valence-corrected chi connectivity index (χ4v) is 2.82. The molecule has 0 saturated heterocycles. The van der Waals surface area contributed by atoms with Crippen molar-refractivity contribution in [2.45, 2.75) is 17.8 Å². The summed E-state index contributed by atoms with van der Waals surface area (Å²) < 4.78 is 32.5. The standard InChI is InChI=1S/C15H16O4S/c1-15(16,20(17,18)19)14(12-8-4-2-5-9-12)13-10-6-3-7-11-13/h2-11,14,16H,1H3,(H,17,18,19). The van der Waals surface area contributed by atoms with Gasteiger partial charge in [0.2, 0.25) is 0 Å². The predicted octanol–water partition coefficient (Wildman–Crippen LogP) is 2.41. The molecule has 1 atom stereocenters. The maximum atomic E-state index is 11.5. The van der Waals surface area contributed by atoms with Crippen LogP contribution in [0.4, 0.5) is 0 Å². The second-order valence-corrected chi connectivity index (χ2v) is 6.56. The molecule has 2 aromatic rings.